The standard InChI is InChI=1S/C14H16N2O4/c1-10-3-5-12(6-4-10)9-20-14(18)16-11(2)13(17)19-8-7-15/h3-6,11H,8-9H2,1-2H3,(H,16,18)/t11-/m0/s1. The lowest BCUT2D eigenvalue weighted by molar-refractivity contribution is -0.144. The molecule has 0 aromatic heterocycles. The van der Waals surface area contributed by atoms with E-state index < -0.39 is 18.1 Å². The van der Waals surface area contributed by atoms with Crippen LogP contribution in [0.1, 0.15) is 18.1 Å². The highest BCUT2D eigenvalue weighted by Crippen LogP contribution is 2.04. The second-order valence-electron chi connectivity index (χ2n) is 4.19. The predicted octanol–water partition coefficient (Wildman–Crippen LogP) is 1.68. The van der Waals surface area contributed by atoms with E-state index in [4.69, 9.17) is 10.00 Å². The van der Waals surface area contributed by atoms with E-state index in [2.05, 4.69) is 10.1 Å². The number of hydrogen-bond acceptors (Lipinski definition) is 5. The van der Waals surface area contributed by atoms with Crippen LogP contribution in [0.25, 0.3) is 0 Å². The lowest BCUT2D eigenvalue weighted by atomic mass is 10.2. The fraction of sp³-hybridized carbons (Fsp3) is 0.357. The van der Waals surface area contributed by atoms with Crippen LogP contribution in [-0.4, -0.2) is 24.7 Å². The summed E-state index contributed by atoms with van der Waals surface area (Å²) < 4.78 is 9.53. The number of carbonyl (C=O) groups excluding carboxylic acids is 2. The normalized spacial score (nSPS) is 11.1. The number of esters is 1. The topological polar surface area (TPSA) is 88.4 Å². The summed E-state index contributed by atoms with van der Waals surface area (Å²) in [4.78, 5) is 22.8. The van der Waals surface area contributed by atoms with Crippen LogP contribution in [0.5, 0.6) is 0 Å². The highest BCUT2D eigenvalue weighted by atomic mass is 16.6. The van der Waals surface area contributed by atoms with Crippen LogP contribution >= 0.6 is 0 Å². The Bertz CT molecular complexity index is 505. The van der Waals surface area contributed by atoms with E-state index in [-0.39, 0.29) is 13.2 Å². The van der Waals surface area contributed by atoms with Gasteiger partial charge in [0.05, 0.1) is 0 Å². The molecular weight excluding hydrogens is 260 g/mol. The number of carbonyl (C=O) groups is 2. The average molecular weight is 276 g/mol. The first-order valence-electron chi connectivity index (χ1n) is 6.05. The van der Waals surface area contributed by atoms with E-state index in [9.17, 15) is 9.59 Å². The van der Waals surface area contributed by atoms with Crippen LogP contribution in [0.2, 0.25) is 0 Å². The van der Waals surface area contributed by atoms with Crippen LogP contribution in [0.15, 0.2) is 24.3 Å². The molecule has 0 saturated heterocycles. The Morgan fingerprint density at radius 1 is 1.30 bits per heavy atom. The zero-order valence-electron chi connectivity index (χ0n) is 11.4. The lowest BCUT2D eigenvalue weighted by Crippen LogP contribution is -2.39. The summed E-state index contributed by atoms with van der Waals surface area (Å²) in [6, 6.07) is 8.34. The van der Waals surface area contributed by atoms with E-state index in [0.717, 1.165) is 11.1 Å². The smallest absolute Gasteiger partial charge is 0.408 e. The minimum atomic E-state index is -0.867. The van der Waals surface area contributed by atoms with E-state index in [1.54, 1.807) is 6.07 Å². The minimum Gasteiger partial charge on any atom is -0.449 e. The fourth-order valence-electron chi connectivity index (χ4n) is 1.34. The van der Waals surface area contributed by atoms with Crippen molar-refractivity contribution < 1.29 is 19.1 Å². The van der Waals surface area contributed by atoms with Crippen LogP contribution < -0.4 is 5.32 Å². The van der Waals surface area contributed by atoms with Crippen LogP contribution in [0.4, 0.5) is 4.79 Å². The molecule has 0 bridgehead atoms. The Kier molecular flexibility index (Phi) is 6.04. The molecule has 0 spiro atoms. The molecule has 0 radical (unpaired) electrons. The van der Waals surface area contributed by atoms with Gasteiger partial charge in [-0.3, -0.25) is 0 Å². The van der Waals surface area contributed by atoms with Gasteiger partial charge in [-0.2, -0.15) is 5.26 Å². The summed E-state index contributed by atoms with van der Waals surface area (Å²) in [7, 11) is 0. The average Bonchev–Trinajstić information content (AvgIpc) is 2.44. The molecule has 0 fully saturated rings. The molecule has 0 aliphatic heterocycles. The fourth-order valence-corrected chi connectivity index (χ4v) is 1.34. The third-order valence-electron chi connectivity index (χ3n) is 2.46. The number of nitrogens with zero attached hydrogens (tertiary/aromatic N) is 1. The molecule has 1 N–H and O–H groups in total. The Morgan fingerprint density at radius 2 is 1.95 bits per heavy atom. The Hall–Kier alpha value is -2.55. The van der Waals surface area contributed by atoms with Crippen molar-refractivity contribution in [2.75, 3.05) is 6.61 Å². The molecule has 1 atom stereocenters. The van der Waals surface area contributed by atoms with Gasteiger partial charge in [0.2, 0.25) is 0 Å². The largest absolute Gasteiger partial charge is 0.449 e. The summed E-state index contributed by atoms with van der Waals surface area (Å²) >= 11 is 0. The Morgan fingerprint density at radius 3 is 2.55 bits per heavy atom. The molecule has 106 valence electrons. The summed E-state index contributed by atoms with van der Waals surface area (Å²) in [6.07, 6.45) is -0.716. The predicted molar refractivity (Wildman–Crippen MR) is 70.5 cm³/mol. The van der Waals surface area contributed by atoms with Crippen LogP contribution in [0.3, 0.4) is 0 Å². The van der Waals surface area contributed by atoms with Crippen LogP contribution in [0, 0.1) is 18.3 Å². The van der Waals surface area contributed by atoms with Crippen molar-refractivity contribution in [1.82, 2.24) is 5.32 Å². The number of rotatable bonds is 5. The van der Waals surface area contributed by atoms with Gasteiger partial charge < -0.3 is 14.8 Å². The molecule has 1 rings (SSSR count). The first-order chi connectivity index (χ1) is 9.52. The second kappa shape index (κ2) is 7.79. The number of nitrogens with one attached hydrogen (secondary N) is 1. The van der Waals surface area contributed by atoms with Gasteiger partial charge in [-0.15, -0.1) is 0 Å². The highest BCUT2D eigenvalue weighted by Gasteiger charge is 2.17. The summed E-state index contributed by atoms with van der Waals surface area (Å²) in [5, 5.41) is 10.6. The van der Waals surface area contributed by atoms with Gasteiger partial charge in [-0.05, 0) is 19.4 Å². The zero-order chi connectivity index (χ0) is 15.0. The van der Waals surface area contributed by atoms with E-state index in [1.165, 1.54) is 6.92 Å². The highest BCUT2D eigenvalue weighted by molar-refractivity contribution is 5.80. The van der Waals surface area contributed by atoms with Gasteiger partial charge in [0.25, 0.3) is 0 Å². The number of alkyl carbamates (subject to hydrolysis) is 1. The molecular formula is C14H16N2O4. The van der Waals surface area contributed by atoms with Gasteiger partial charge in [0, 0.05) is 0 Å². The van der Waals surface area contributed by atoms with Crippen LogP contribution in [-0.2, 0) is 20.9 Å². The number of aryl methyl sites for hydroxylation is 1. The molecule has 0 aliphatic carbocycles. The van der Waals surface area contributed by atoms with Crippen molar-refractivity contribution in [3.8, 4) is 6.07 Å². The molecule has 0 saturated carbocycles. The van der Waals surface area contributed by atoms with Gasteiger partial charge in [-0.25, -0.2) is 9.59 Å². The van der Waals surface area contributed by atoms with Crippen molar-refractivity contribution in [1.29, 1.82) is 5.26 Å². The lowest BCUT2D eigenvalue weighted by Gasteiger charge is -2.12. The maximum Gasteiger partial charge on any atom is 0.408 e. The van der Waals surface area contributed by atoms with E-state index >= 15 is 0 Å². The number of nitriles is 1. The second-order valence-corrected chi connectivity index (χ2v) is 4.19. The maximum absolute atomic E-state index is 11.5. The third-order valence-corrected chi connectivity index (χ3v) is 2.46. The van der Waals surface area contributed by atoms with Gasteiger partial charge >= 0.3 is 12.1 Å². The summed E-state index contributed by atoms with van der Waals surface area (Å²) in [5.41, 5.74) is 1.97. The van der Waals surface area contributed by atoms with Crippen molar-refractivity contribution in [3.63, 3.8) is 0 Å². The molecule has 1 aromatic rings. The quantitative estimate of drug-likeness (QED) is 0.826. The third kappa shape index (κ3) is 5.40. The van der Waals surface area contributed by atoms with E-state index in [0.29, 0.717) is 0 Å². The van der Waals surface area contributed by atoms with Crippen molar-refractivity contribution in [2.45, 2.75) is 26.5 Å². The minimum absolute atomic E-state index is 0.117. The Balaban J connectivity index is 2.34. The number of ether oxygens (including phenoxy) is 2. The molecule has 0 heterocycles. The van der Waals surface area contributed by atoms with Crippen molar-refractivity contribution >= 4 is 12.1 Å². The monoisotopic (exact) mass is 276 g/mol. The first-order valence-corrected chi connectivity index (χ1v) is 6.05. The van der Waals surface area contributed by atoms with Crippen molar-refractivity contribution in [2.24, 2.45) is 0 Å². The number of amides is 1. The zero-order valence-corrected chi connectivity index (χ0v) is 11.4. The molecule has 1 aromatic carbocycles. The molecule has 20 heavy (non-hydrogen) atoms. The Labute approximate surface area is 117 Å². The molecule has 0 aliphatic rings. The van der Waals surface area contributed by atoms with Gasteiger partial charge in [0.1, 0.15) is 18.7 Å². The summed E-state index contributed by atoms with van der Waals surface area (Å²) in [6.45, 7) is 3.19. The molecule has 6 heteroatoms. The van der Waals surface area contributed by atoms with E-state index in [1.807, 2.05) is 31.2 Å². The van der Waals surface area contributed by atoms with Gasteiger partial charge in [-0.1, -0.05) is 29.8 Å². The molecule has 0 unspecified atom stereocenters. The van der Waals surface area contributed by atoms with Gasteiger partial charge in [0.15, 0.2) is 6.61 Å². The number of benzene rings is 1. The maximum atomic E-state index is 11.5. The molecule has 1 amide bonds. The molecule has 6 nitrogen and oxygen atoms in total. The summed E-state index contributed by atoms with van der Waals surface area (Å²) in [5.74, 6) is -0.682. The van der Waals surface area contributed by atoms with Crippen molar-refractivity contribution in [3.05, 3.63) is 35.4 Å². The number of hydrogen-bond donors (Lipinski definition) is 1. The SMILES string of the molecule is Cc1ccc(COC(=O)N[C@@H](C)C(=O)OCC#N)cc1. The first kappa shape index (κ1) is 15.5.